The van der Waals surface area contributed by atoms with Crippen LogP contribution in [-0.4, -0.2) is 38.3 Å². The Morgan fingerprint density at radius 1 is 1.28 bits per heavy atom. The van der Waals surface area contributed by atoms with Gasteiger partial charge in [0.1, 0.15) is 11.5 Å². The third kappa shape index (κ3) is 2.93. The molecule has 1 unspecified atom stereocenters. The van der Waals surface area contributed by atoms with Crippen molar-refractivity contribution in [2.75, 3.05) is 18.0 Å². The summed E-state index contributed by atoms with van der Waals surface area (Å²) >= 11 is 0. The van der Waals surface area contributed by atoms with Gasteiger partial charge < -0.3 is 10.6 Å². The summed E-state index contributed by atoms with van der Waals surface area (Å²) in [6.45, 7) is 4.34. The van der Waals surface area contributed by atoms with Gasteiger partial charge in [-0.1, -0.05) is 13.0 Å². The Morgan fingerprint density at radius 2 is 2.16 bits per heavy atom. The molecule has 7 nitrogen and oxygen atoms in total. The number of fused-ring (bicyclic) bond motifs is 1. The largest absolute Gasteiger partial charge is 0.364 e. The summed E-state index contributed by atoms with van der Waals surface area (Å²) in [5, 5.41) is 0. The monoisotopic (exact) mass is 336 g/mol. The maximum Gasteiger partial charge on any atom is 0.268 e. The highest BCUT2D eigenvalue weighted by molar-refractivity contribution is 5.90. The molecule has 25 heavy (non-hydrogen) atoms. The highest BCUT2D eigenvalue weighted by atomic mass is 16.1. The zero-order valence-electron chi connectivity index (χ0n) is 14.1. The summed E-state index contributed by atoms with van der Waals surface area (Å²) in [6, 6.07) is 6.00. The first-order valence-electron chi connectivity index (χ1n) is 8.47. The maximum atomic E-state index is 11.4. The summed E-state index contributed by atoms with van der Waals surface area (Å²) in [7, 11) is 0. The third-order valence-electron chi connectivity index (χ3n) is 4.63. The molecule has 0 spiro atoms. The number of hydrogen-bond acceptors (Lipinski definition) is 5. The second-order valence-corrected chi connectivity index (χ2v) is 6.58. The summed E-state index contributed by atoms with van der Waals surface area (Å²) in [5.74, 6) is 1.09. The van der Waals surface area contributed by atoms with E-state index in [9.17, 15) is 4.79 Å². The van der Waals surface area contributed by atoms with E-state index in [-0.39, 0.29) is 5.69 Å². The van der Waals surface area contributed by atoms with E-state index in [1.165, 1.54) is 12.8 Å². The van der Waals surface area contributed by atoms with Crippen LogP contribution < -0.4 is 10.6 Å². The van der Waals surface area contributed by atoms with Crippen molar-refractivity contribution < 1.29 is 4.79 Å². The van der Waals surface area contributed by atoms with Crippen LogP contribution in [-0.2, 0) is 0 Å². The fourth-order valence-corrected chi connectivity index (χ4v) is 3.35. The molecule has 4 heterocycles. The second kappa shape index (κ2) is 6.16. The third-order valence-corrected chi connectivity index (χ3v) is 4.63. The quantitative estimate of drug-likeness (QED) is 0.791. The Morgan fingerprint density at radius 3 is 2.96 bits per heavy atom. The van der Waals surface area contributed by atoms with Crippen molar-refractivity contribution in [1.29, 1.82) is 0 Å². The van der Waals surface area contributed by atoms with E-state index in [0.717, 1.165) is 30.3 Å². The Hall–Kier alpha value is -2.96. The standard InChI is InChI=1S/C18H20N6O/c1-12-4-3-7-23(10-12)16-6-2-5-13(22-16)15-8-21-17-9-20-14(18(19)25)11-24(15)17/h2,5-6,8-9,11-12H,3-4,7,10H2,1H3,(H2,19,25). The van der Waals surface area contributed by atoms with Crippen LogP contribution in [0.4, 0.5) is 5.82 Å². The number of rotatable bonds is 3. The molecule has 0 saturated carbocycles. The minimum Gasteiger partial charge on any atom is -0.364 e. The normalized spacial score (nSPS) is 17.8. The molecule has 1 aliphatic heterocycles. The van der Waals surface area contributed by atoms with Crippen molar-refractivity contribution in [1.82, 2.24) is 19.4 Å². The van der Waals surface area contributed by atoms with Crippen molar-refractivity contribution in [3.8, 4) is 11.4 Å². The molecule has 1 atom stereocenters. The van der Waals surface area contributed by atoms with E-state index in [2.05, 4.69) is 21.8 Å². The Kier molecular flexibility index (Phi) is 3.83. The van der Waals surface area contributed by atoms with E-state index >= 15 is 0 Å². The SMILES string of the molecule is CC1CCCN(c2cccc(-c3cnc4cnc(C(N)=O)cn34)n2)C1. The van der Waals surface area contributed by atoms with Gasteiger partial charge in [-0.25, -0.2) is 15.0 Å². The average Bonchev–Trinajstić information content (AvgIpc) is 3.05. The lowest BCUT2D eigenvalue weighted by Crippen LogP contribution is -2.34. The lowest BCUT2D eigenvalue weighted by Gasteiger charge is -2.32. The summed E-state index contributed by atoms with van der Waals surface area (Å²) < 4.78 is 1.80. The van der Waals surface area contributed by atoms with E-state index in [0.29, 0.717) is 11.6 Å². The molecule has 2 N–H and O–H groups in total. The van der Waals surface area contributed by atoms with Gasteiger partial charge >= 0.3 is 0 Å². The van der Waals surface area contributed by atoms with Crippen LogP contribution in [0, 0.1) is 5.92 Å². The van der Waals surface area contributed by atoms with Gasteiger partial charge in [-0.15, -0.1) is 0 Å². The van der Waals surface area contributed by atoms with Crippen LogP contribution in [0.1, 0.15) is 30.3 Å². The summed E-state index contributed by atoms with van der Waals surface area (Å²) in [5.41, 5.74) is 7.81. The number of carbonyl (C=O) groups excluding carboxylic acids is 1. The van der Waals surface area contributed by atoms with Crippen LogP contribution in [0.5, 0.6) is 0 Å². The van der Waals surface area contributed by atoms with Gasteiger partial charge in [0, 0.05) is 19.3 Å². The molecule has 128 valence electrons. The average molecular weight is 336 g/mol. The molecular weight excluding hydrogens is 316 g/mol. The van der Waals surface area contributed by atoms with Gasteiger partial charge in [0.15, 0.2) is 5.65 Å². The molecule has 3 aromatic rings. The van der Waals surface area contributed by atoms with Gasteiger partial charge in [-0.3, -0.25) is 9.20 Å². The number of hydrogen-bond donors (Lipinski definition) is 1. The molecule has 1 fully saturated rings. The molecule has 3 aromatic heterocycles. The smallest absolute Gasteiger partial charge is 0.268 e. The van der Waals surface area contributed by atoms with Crippen LogP contribution in [0.2, 0.25) is 0 Å². The van der Waals surface area contributed by atoms with Gasteiger partial charge in [0.05, 0.1) is 23.8 Å². The van der Waals surface area contributed by atoms with E-state index < -0.39 is 5.91 Å². The second-order valence-electron chi connectivity index (χ2n) is 6.58. The molecule has 0 bridgehead atoms. The van der Waals surface area contributed by atoms with Crippen molar-refractivity contribution >= 4 is 17.4 Å². The van der Waals surface area contributed by atoms with E-state index in [1.807, 2.05) is 18.2 Å². The lowest BCUT2D eigenvalue weighted by molar-refractivity contribution is 0.0995. The first-order chi connectivity index (χ1) is 12.1. The lowest BCUT2D eigenvalue weighted by atomic mass is 10.0. The number of piperidine rings is 1. The first-order valence-corrected chi connectivity index (χ1v) is 8.47. The molecular formula is C18H20N6O. The number of primary amides is 1. The molecule has 0 aromatic carbocycles. The molecule has 1 amide bonds. The minimum atomic E-state index is -0.564. The predicted molar refractivity (Wildman–Crippen MR) is 95.3 cm³/mol. The zero-order valence-corrected chi connectivity index (χ0v) is 14.1. The number of nitrogens with zero attached hydrogens (tertiary/aromatic N) is 5. The Bertz CT molecular complexity index is 934. The molecule has 0 radical (unpaired) electrons. The van der Waals surface area contributed by atoms with Crippen LogP contribution >= 0.6 is 0 Å². The van der Waals surface area contributed by atoms with Crippen molar-refractivity contribution in [2.24, 2.45) is 11.7 Å². The molecule has 1 aliphatic rings. The highest BCUT2D eigenvalue weighted by Crippen LogP contribution is 2.25. The maximum absolute atomic E-state index is 11.4. The minimum absolute atomic E-state index is 0.202. The van der Waals surface area contributed by atoms with Gasteiger partial charge in [0.2, 0.25) is 0 Å². The molecule has 4 rings (SSSR count). The number of aromatic nitrogens is 4. The topological polar surface area (TPSA) is 89.4 Å². The Balaban J connectivity index is 1.75. The number of pyridine rings is 1. The van der Waals surface area contributed by atoms with Crippen molar-refractivity contribution in [2.45, 2.75) is 19.8 Å². The van der Waals surface area contributed by atoms with E-state index in [4.69, 9.17) is 10.7 Å². The molecule has 7 heteroatoms. The highest BCUT2D eigenvalue weighted by Gasteiger charge is 2.18. The first kappa shape index (κ1) is 15.6. The number of anilines is 1. The number of amides is 1. The predicted octanol–water partition coefficient (Wildman–Crippen LogP) is 2.13. The van der Waals surface area contributed by atoms with Crippen LogP contribution in [0.3, 0.4) is 0 Å². The fraction of sp³-hybridized carbons (Fsp3) is 0.333. The van der Waals surface area contributed by atoms with Gasteiger partial charge in [0.25, 0.3) is 5.91 Å². The fourth-order valence-electron chi connectivity index (χ4n) is 3.35. The number of carbonyl (C=O) groups is 1. The summed E-state index contributed by atoms with van der Waals surface area (Å²) in [4.78, 5) is 26.9. The van der Waals surface area contributed by atoms with Gasteiger partial charge in [-0.05, 0) is 30.9 Å². The van der Waals surface area contributed by atoms with Crippen molar-refractivity contribution in [3.05, 3.63) is 42.5 Å². The van der Waals surface area contributed by atoms with Crippen LogP contribution in [0.15, 0.2) is 36.8 Å². The number of nitrogens with two attached hydrogens (primary N) is 1. The number of imidazole rings is 1. The van der Waals surface area contributed by atoms with E-state index in [1.54, 1.807) is 23.0 Å². The zero-order chi connectivity index (χ0) is 17.4. The molecule has 0 aliphatic carbocycles. The van der Waals surface area contributed by atoms with Gasteiger partial charge in [-0.2, -0.15) is 0 Å². The Labute approximate surface area is 145 Å². The van der Waals surface area contributed by atoms with Crippen molar-refractivity contribution in [3.63, 3.8) is 0 Å². The molecule has 1 saturated heterocycles. The van der Waals surface area contributed by atoms with Crippen LogP contribution in [0.25, 0.3) is 17.0 Å². The summed E-state index contributed by atoms with van der Waals surface area (Å²) in [6.07, 6.45) is 7.35.